The predicted molar refractivity (Wildman–Crippen MR) is 75.6 cm³/mol. The molecule has 5 N–H and O–H groups in total. The van der Waals surface area contributed by atoms with Gasteiger partial charge in [-0.05, 0) is 19.1 Å². The number of carbonyl (C=O) groups is 1. The smallest absolute Gasteiger partial charge is 0.361 e. The Morgan fingerprint density at radius 3 is 3.05 bits per heavy atom. The number of fused-ring (bicyclic) bond motifs is 1. The van der Waals surface area contributed by atoms with Crippen molar-refractivity contribution in [3.05, 3.63) is 17.7 Å². The first-order chi connectivity index (χ1) is 10.6. The summed E-state index contributed by atoms with van der Waals surface area (Å²) >= 11 is 0. The number of aliphatic hydroxyl groups excluding tert-OH is 1. The molecule has 0 aromatic heterocycles. The Hall–Kier alpha value is -2.36. The molecule has 0 radical (unpaired) electrons. The quantitative estimate of drug-likeness (QED) is 0.401. The Bertz CT molecular complexity index is 577. The van der Waals surface area contributed by atoms with Crippen LogP contribution in [-0.4, -0.2) is 48.1 Å². The summed E-state index contributed by atoms with van der Waals surface area (Å²) in [5.74, 6) is -0.347. The van der Waals surface area contributed by atoms with Gasteiger partial charge in [-0.25, -0.2) is 5.43 Å². The molecule has 0 aliphatic carbocycles. The summed E-state index contributed by atoms with van der Waals surface area (Å²) in [5, 5.41) is 22.5. The highest BCUT2D eigenvalue weighted by Crippen LogP contribution is 2.43. The van der Waals surface area contributed by atoms with Crippen LogP contribution >= 0.6 is 0 Å². The van der Waals surface area contributed by atoms with Crippen LogP contribution in [0.2, 0.25) is 0 Å². The lowest BCUT2D eigenvalue weighted by atomic mass is 10.2. The molecule has 22 heavy (non-hydrogen) atoms. The van der Waals surface area contributed by atoms with Crippen LogP contribution in [0.4, 0.5) is 0 Å². The number of rotatable bonds is 6. The molecular weight excluding hydrogens is 294 g/mol. The zero-order chi connectivity index (χ0) is 16.1. The molecule has 0 spiro atoms. The number of carbonyl (C=O) groups excluding carboxylic acids is 1. The number of nitrogens with two attached hydrogens (primary N) is 1. The number of aliphatic hydroxyl groups is 1. The van der Waals surface area contributed by atoms with Gasteiger partial charge in [-0.15, -0.1) is 0 Å². The predicted octanol–water partition coefficient (Wildman–Crippen LogP) is -0.747. The third-order valence-electron chi connectivity index (χ3n) is 2.78. The van der Waals surface area contributed by atoms with E-state index in [1.807, 2.05) is 0 Å². The van der Waals surface area contributed by atoms with Crippen molar-refractivity contribution in [2.75, 3.05) is 13.2 Å². The maximum absolute atomic E-state index is 11.3. The number of hydrogen-bond donors (Lipinski definition) is 4. The number of amides is 1. The molecule has 1 aliphatic rings. The molecule has 9 nitrogen and oxygen atoms in total. The van der Waals surface area contributed by atoms with Crippen molar-refractivity contribution >= 4 is 12.1 Å². The minimum Gasteiger partial charge on any atom is -0.504 e. The normalized spacial score (nSPS) is 17.7. The van der Waals surface area contributed by atoms with E-state index in [2.05, 4.69) is 10.5 Å². The number of aromatic hydroxyl groups is 1. The number of hydrogen-bond acceptors (Lipinski definition) is 8. The van der Waals surface area contributed by atoms with Crippen LogP contribution in [0.15, 0.2) is 17.2 Å². The summed E-state index contributed by atoms with van der Waals surface area (Å²) < 4.78 is 15.8. The Morgan fingerprint density at radius 2 is 2.36 bits per heavy atom. The Morgan fingerprint density at radius 1 is 1.59 bits per heavy atom. The topological polar surface area (TPSA) is 136 Å². The van der Waals surface area contributed by atoms with E-state index in [1.165, 1.54) is 12.3 Å². The van der Waals surface area contributed by atoms with Crippen LogP contribution in [0, 0.1) is 0 Å². The summed E-state index contributed by atoms with van der Waals surface area (Å²) in [6.45, 7) is 0.786. The molecule has 0 saturated carbocycles. The summed E-state index contributed by atoms with van der Waals surface area (Å²) in [4.78, 5) is 11.3. The molecule has 1 aromatic carbocycles. The summed E-state index contributed by atoms with van der Waals surface area (Å²) in [6, 6.07) is 2.05. The second kappa shape index (κ2) is 7.07. The first kappa shape index (κ1) is 16.0. The summed E-state index contributed by atoms with van der Waals surface area (Å²) in [6.07, 6.45) is 1.22. The monoisotopic (exact) mass is 311 g/mol. The molecule has 0 bridgehead atoms. The van der Waals surface area contributed by atoms with Crippen LogP contribution in [0.5, 0.6) is 17.2 Å². The fourth-order valence-corrected chi connectivity index (χ4v) is 1.64. The number of hydrazone groups is 1. The molecule has 1 aliphatic heterocycles. The van der Waals surface area contributed by atoms with Crippen molar-refractivity contribution in [3.8, 4) is 17.2 Å². The van der Waals surface area contributed by atoms with Gasteiger partial charge in [-0.1, -0.05) is 0 Å². The van der Waals surface area contributed by atoms with Crippen molar-refractivity contribution in [2.45, 2.75) is 19.4 Å². The highest BCUT2D eigenvalue weighted by atomic mass is 16.9. The summed E-state index contributed by atoms with van der Waals surface area (Å²) in [5.41, 5.74) is 7.75. The van der Waals surface area contributed by atoms with Crippen LogP contribution < -0.4 is 20.6 Å². The highest BCUT2D eigenvalue weighted by molar-refractivity contribution is 5.88. The Labute approximate surface area is 126 Å². The fourth-order valence-electron chi connectivity index (χ4n) is 1.64. The highest BCUT2D eigenvalue weighted by Gasteiger charge is 2.28. The van der Waals surface area contributed by atoms with Gasteiger partial charge in [-0.2, -0.15) is 5.10 Å². The van der Waals surface area contributed by atoms with E-state index in [9.17, 15) is 9.90 Å². The third-order valence-corrected chi connectivity index (χ3v) is 2.78. The molecule has 2 unspecified atom stereocenters. The van der Waals surface area contributed by atoms with E-state index in [4.69, 9.17) is 25.1 Å². The van der Waals surface area contributed by atoms with Crippen molar-refractivity contribution in [3.63, 3.8) is 0 Å². The van der Waals surface area contributed by atoms with Crippen LogP contribution in [-0.2, 0) is 9.53 Å². The third kappa shape index (κ3) is 3.45. The molecule has 120 valence electrons. The molecule has 0 fully saturated rings. The molecule has 0 saturated heterocycles. The number of benzene rings is 1. The van der Waals surface area contributed by atoms with Crippen LogP contribution in [0.3, 0.4) is 0 Å². The van der Waals surface area contributed by atoms with Crippen LogP contribution in [0.1, 0.15) is 12.5 Å². The Balaban J connectivity index is 2.05. The van der Waals surface area contributed by atoms with Gasteiger partial charge in [0, 0.05) is 5.56 Å². The van der Waals surface area contributed by atoms with Gasteiger partial charge in [0.05, 0.1) is 19.4 Å². The van der Waals surface area contributed by atoms with Crippen molar-refractivity contribution < 1.29 is 29.2 Å². The van der Waals surface area contributed by atoms with Gasteiger partial charge in [0.1, 0.15) is 6.04 Å². The van der Waals surface area contributed by atoms with E-state index < -0.39 is 25.0 Å². The van der Waals surface area contributed by atoms with Gasteiger partial charge in [0.2, 0.25) is 5.75 Å². The second-order valence-electron chi connectivity index (χ2n) is 4.33. The fraction of sp³-hybridized carbons (Fsp3) is 0.385. The number of phenols is 1. The molecular formula is C13H17N3O6. The largest absolute Gasteiger partial charge is 0.504 e. The number of nitrogens with zero attached hydrogens (tertiary/aromatic N) is 1. The Kier molecular flexibility index (Phi) is 5.15. The molecule has 1 heterocycles. The SMILES string of the molecule is CCOC1Oc2ccc(C=NNC(=O)C(N)CO)c(O)c2O1. The van der Waals surface area contributed by atoms with E-state index in [0.29, 0.717) is 17.9 Å². The zero-order valence-corrected chi connectivity index (χ0v) is 11.9. The summed E-state index contributed by atoms with van der Waals surface area (Å²) in [7, 11) is 0. The lowest BCUT2D eigenvalue weighted by Gasteiger charge is -2.08. The average Bonchev–Trinajstić information content (AvgIpc) is 2.92. The molecule has 9 heteroatoms. The van der Waals surface area contributed by atoms with Crippen molar-refractivity contribution in [2.24, 2.45) is 10.8 Å². The lowest BCUT2D eigenvalue weighted by Crippen LogP contribution is -2.40. The van der Waals surface area contributed by atoms with Crippen molar-refractivity contribution in [1.29, 1.82) is 0 Å². The minimum absolute atomic E-state index is 0.140. The van der Waals surface area contributed by atoms with E-state index in [1.54, 1.807) is 13.0 Å². The van der Waals surface area contributed by atoms with Gasteiger partial charge in [0.25, 0.3) is 5.91 Å². The van der Waals surface area contributed by atoms with Gasteiger partial charge < -0.3 is 30.2 Å². The first-order valence-corrected chi connectivity index (χ1v) is 6.57. The number of nitrogens with one attached hydrogen (secondary N) is 1. The average molecular weight is 311 g/mol. The maximum Gasteiger partial charge on any atom is 0.361 e. The van der Waals surface area contributed by atoms with Gasteiger partial charge >= 0.3 is 6.48 Å². The minimum atomic E-state index is -1.06. The second-order valence-corrected chi connectivity index (χ2v) is 4.33. The van der Waals surface area contributed by atoms with Crippen LogP contribution in [0.25, 0.3) is 0 Å². The standard InChI is InChI=1S/C13H17N3O6/c1-2-20-13-21-9-4-3-7(10(18)11(9)22-13)5-15-16-12(19)8(14)6-17/h3-5,8,13,17-18H,2,6,14H2,1H3,(H,16,19). The molecule has 1 aromatic rings. The van der Waals surface area contributed by atoms with Gasteiger partial charge in [-0.3, -0.25) is 4.79 Å². The number of phenolic OH excluding ortho intramolecular Hbond substituents is 1. The van der Waals surface area contributed by atoms with Crippen molar-refractivity contribution in [1.82, 2.24) is 5.43 Å². The molecule has 2 rings (SSSR count). The molecule has 2 atom stereocenters. The molecule has 1 amide bonds. The maximum atomic E-state index is 11.3. The first-order valence-electron chi connectivity index (χ1n) is 6.57. The zero-order valence-electron chi connectivity index (χ0n) is 11.9. The lowest BCUT2D eigenvalue weighted by molar-refractivity contribution is -0.173. The number of ether oxygens (including phenoxy) is 3. The van der Waals surface area contributed by atoms with E-state index >= 15 is 0 Å². The van der Waals surface area contributed by atoms with E-state index in [0.717, 1.165) is 0 Å². The van der Waals surface area contributed by atoms with Gasteiger partial charge in [0.15, 0.2) is 11.5 Å². The van der Waals surface area contributed by atoms with E-state index in [-0.39, 0.29) is 11.5 Å².